The van der Waals surface area contributed by atoms with Crippen molar-refractivity contribution in [3.63, 3.8) is 0 Å². The van der Waals surface area contributed by atoms with Gasteiger partial charge in [0, 0.05) is 16.8 Å². The summed E-state index contributed by atoms with van der Waals surface area (Å²) in [5.41, 5.74) is 11.3. The first kappa shape index (κ1) is 27.9. The van der Waals surface area contributed by atoms with Gasteiger partial charge in [0.25, 0.3) is 0 Å². The number of para-hydroxylation sites is 1. The van der Waals surface area contributed by atoms with E-state index in [0.717, 1.165) is 5.57 Å². The van der Waals surface area contributed by atoms with Gasteiger partial charge in [0.2, 0.25) is 0 Å². The van der Waals surface area contributed by atoms with Crippen molar-refractivity contribution < 1.29 is 0 Å². The van der Waals surface area contributed by atoms with Crippen LogP contribution >= 0.6 is 0 Å². The Labute approximate surface area is 271 Å². The fourth-order valence-corrected chi connectivity index (χ4v) is 7.67. The third-order valence-electron chi connectivity index (χ3n) is 9.89. The first-order chi connectivity index (χ1) is 22.6. The molecule has 0 amide bonds. The summed E-state index contributed by atoms with van der Waals surface area (Å²) < 4.78 is 0. The molecule has 1 aliphatic carbocycles. The number of rotatable bonds is 5. The van der Waals surface area contributed by atoms with E-state index in [1.807, 2.05) is 12.2 Å². The van der Waals surface area contributed by atoms with E-state index < -0.39 is 0 Å². The molecule has 8 rings (SSSR count). The number of hydrogen-bond acceptors (Lipinski definition) is 1. The van der Waals surface area contributed by atoms with E-state index in [1.165, 1.54) is 65.9 Å². The van der Waals surface area contributed by atoms with E-state index in [1.54, 1.807) is 0 Å². The Hall–Kier alpha value is -5.62. The lowest BCUT2D eigenvalue weighted by atomic mass is 9.76. The zero-order chi connectivity index (χ0) is 31.3. The van der Waals surface area contributed by atoms with Gasteiger partial charge < -0.3 is 4.90 Å². The molecule has 0 radical (unpaired) electrons. The van der Waals surface area contributed by atoms with E-state index in [9.17, 15) is 0 Å². The molecule has 6 aromatic carbocycles. The number of allylic oxidation sites excluding steroid dienone is 7. The molecular weight excluding hydrogens is 555 g/mol. The lowest BCUT2D eigenvalue weighted by molar-refractivity contribution is 0.551. The van der Waals surface area contributed by atoms with Crippen LogP contribution in [0, 0.1) is 0 Å². The Morgan fingerprint density at radius 1 is 0.739 bits per heavy atom. The Kier molecular flexibility index (Phi) is 6.71. The number of hydrogen-bond donors (Lipinski definition) is 0. The molecule has 0 fully saturated rings. The lowest BCUT2D eigenvalue weighted by Crippen LogP contribution is -2.39. The highest BCUT2D eigenvalue weighted by molar-refractivity contribution is 6.25. The Morgan fingerprint density at radius 3 is 2.13 bits per heavy atom. The van der Waals surface area contributed by atoms with E-state index in [0.29, 0.717) is 0 Å². The largest absolute Gasteiger partial charge is 0.333 e. The van der Waals surface area contributed by atoms with E-state index in [-0.39, 0.29) is 11.5 Å². The summed E-state index contributed by atoms with van der Waals surface area (Å²) in [6.45, 7) is 8.21. The molecule has 0 saturated carbocycles. The first-order valence-corrected chi connectivity index (χ1v) is 16.0. The van der Waals surface area contributed by atoms with Gasteiger partial charge in [-0.05, 0) is 110 Å². The number of fused-ring (bicyclic) bond motifs is 9. The van der Waals surface area contributed by atoms with Gasteiger partial charge in [-0.2, -0.15) is 0 Å². The molecule has 2 unspecified atom stereocenters. The molecule has 0 saturated heterocycles. The maximum absolute atomic E-state index is 3.74. The fraction of sp³-hybridized carbons (Fsp3) is 0.0889. The Balaban J connectivity index is 1.38. The Morgan fingerprint density at radius 2 is 1.41 bits per heavy atom. The first-order valence-electron chi connectivity index (χ1n) is 16.0. The average molecular weight is 590 g/mol. The summed E-state index contributed by atoms with van der Waals surface area (Å²) in [4.78, 5) is 2.53. The van der Waals surface area contributed by atoms with Crippen molar-refractivity contribution in [3.05, 3.63) is 181 Å². The normalized spacial score (nSPS) is 18.8. The highest BCUT2D eigenvalue weighted by Crippen LogP contribution is 2.52. The van der Waals surface area contributed by atoms with Crippen LogP contribution < -0.4 is 4.90 Å². The van der Waals surface area contributed by atoms with Crippen LogP contribution in [0.3, 0.4) is 0 Å². The zero-order valence-corrected chi connectivity index (χ0v) is 26.2. The minimum atomic E-state index is -0.109. The molecule has 0 bridgehead atoms. The van der Waals surface area contributed by atoms with Crippen LogP contribution in [0.4, 0.5) is 11.4 Å². The van der Waals surface area contributed by atoms with Gasteiger partial charge in [0.05, 0.1) is 6.04 Å². The molecule has 0 spiro atoms. The fourth-order valence-electron chi connectivity index (χ4n) is 7.67. The third kappa shape index (κ3) is 4.32. The van der Waals surface area contributed by atoms with Gasteiger partial charge in [-0.3, -0.25) is 0 Å². The molecule has 46 heavy (non-hydrogen) atoms. The van der Waals surface area contributed by atoms with Gasteiger partial charge in [-0.15, -0.1) is 5.73 Å². The van der Waals surface area contributed by atoms with Gasteiger partial charge in [0.15, 0.2) is 0 Å². The minimum absolute atomic E-state index is 0.109. The highest BCUT2D eigenvalue weighted by Gasteiger charge is 2.46. The second-order valence-corrected chi connectivity index (χ2v) is 12.5. The zero-order valence-electron chi connectivity index (χ0n) is 26.2. The molecule has 220 valence electrons. The summed E-state index contributed by atoms with van der Waals surface area (Å²) in [7, 11) is 0. The van der Waals surface area contributed by atoms with Crippen LogP contribution in [0.2, 0.25) is 0 Å². The van der Waals surface area contributed by atoms with Gasteiger partial charge in [-0.1, -0.05) is 128 Å². The van der Waals surface area contributed by atoms with E-state index in [2.05, 4.69) is 177 Å². The summed E-state index contributed by atoms with van der Waals surface area (Å²) in [5, 5.41) is 7.72. The molecular formula is C45H35N. The lowest BCUT2D eigenvalue weighted by Gasteiger charge is -2.35. The molecule has 1 nitrogen and oxygen atoms in total. The van der Waals surface area contributed by atoms with Crippen LogP contribution in [0.25, 0.3) is 49.0 Å². The van der Waals surface area contributed by atoms with Crippen LogP contribution in [0.15, 0.2) is 170 Å². The maximum atomic E-state index is 3.74. The molecule has 6 aromatic rings. The standard InChI is InChI=1S/C45H35N/c1-4-6-7-16-31(5-2)33-27-34(29-35(28-33)46-43-22-13-12-21-42(43)45(3)26-15-14-23-44(45)46)32-24-25-40-38-19-9-8-17-36(38)37-18-10-11-20-39(37)41(40)30-32/h5-30,44H,1H2,2-3H3/b16-7-,31-5+. The van der Waals surface area contributed by atoms with Crippen LogP contribution in [-0.4, -0.2) is 6.04 Å². The Bertz CT molecular complexity index is 2320. The smallest absolute Gasteiger partial charge is 0.0655 e. The SMILES string of the molecule is C=C=C/C=C\C(=C/C)c1cc(-c2ccc3c4ccccc4c4ccccc4c3c2)cc(N2c3ccccc3C3(C)C=CC=CC23)c1. The van der Waals surface area contributed by atoms with Gasteiger partial charge in [-0.25, -0.2) is 0 Å². The monoisotopic (exact) mass is 589 g/mol. The third-order valence-corrected chi connectivity index (χ3v) is 9.89. The van der Waals surface area contributed by atoms with Crippen LogP contribution in [-0.2, 0) is 5.41 Å². The van der Waals surface area contributed by atoms with Crippen molar-refractivity contribution in [2.45, 2.75) is 25.3 Å². The summed E-state index contributed by atoms with van der Waals surface area (Å²) in [5.74, 6) is 0. The summed E-state index contributed by atoms with van der Waals surface area (Å²) in [6.07, 6.45) is 17.3. The van der Waals surface area contributed by atoms with Crippen molar-refractivity contribution in [2.75, 3.05) is 4.90 Å². The highest BCUT2D eigenvalue weighted by atomic mass is 15.2. The van der Waals surface area contributed by atoms with Crippen molar-refractivity contribution in [2.24, 2.45) is 0 Å². The predicted molar refractivity (Wildman–Crippen MR) is 199 cm³/mol. The van der Waals surface area contributed by atoms with Crippen molar-refractivity contribution in [3.8, 4) is 11.1 Å². The van der Waals surface area contributed by atoms with Crippen LogP contribution in [0.1, 0.15) is 25.0 Å². The predicted octanol–water partition coefficient (Wildman–Crippen LogP) is 12.0. The topological polar surface area (TPSA) is 3.24 Å². The number of anilines is 2. The average Bonchev–Trinajstić information content (AvgIpc) is 3.38. The van der Waals surface area contributed by atoms with E-state index >= 15 is 0 Å². The van der Waals surface area contributed by atoms with Crippen molar-refractivity contribution >= 4 is 49.3 Å². The molecule has 1 heteroatoms. The minimum Gasteiger partial charge on any atom is -0.333 e. The quantitative estimate of drug-likeness (QED) is 0.110. The van der Waals surface area contributed by atoms with E-state index in [4.69, 9.17) is 0 Å². The van der Waals surface area contributed by atoms with Crippen molar-refractivity contribution in [1.29, 1.82) is 0 Å². The summed E-state index contributed by atoms with van der Waals surface area (Å²) in [6, 6.07) is 40.7. The molecule has 2 atom stereocenters. The molecule has 1 heterocycles. The van der Waals surface area contributed by atoms with Gasteiger partial charge >= 0.3 is 0 Å². The molecule has 1 aliphatic heterocycles. The molecule has 0 aromatic heterocycles. The molecule has 0 N–H and O–H groups in total. The second-order valence-electron chi connectivity index (χ2n) is 12.5. The number of nitrogens with zero attached hydrogens (tertiary/aromatic N) is 1. The van der Waals surface area contributed by atoms with Crippen molar-refractivity contribution in [1.82, 2.24) is 0 Å². The number of benzene rings is 6. The summed E-state index contributed by atoms with van der Waals surface area (Å²) >= 11 is 0. The van der Waals surface area contributed by atoms with Gasteiger partial charge in [0.1, 0.15) is 0 Å². The van der Waals surface area contributed by atoms with Crippen LogP contribution in [0.5, 0.6) is 0 Å². The maximum Gasteiger partial charge on any atom is 0.0655 e. The second kappa shape index (κ2) is 11.1. The molecule has 2 aliphatic rings.